The minimum absolute atomic E-state index is 0.101. The number of carbonyl (C=O) groups excluding carboxylic acids is 1. The van der Waals surface area contributed by atoms with Crippen molar-refractivity contribution in [3.63, 3.8) is 0 Å². The molecule has 1 heterocycles. The van der Waals surface area contributed by atoms with Gasteiger partial charge >= 0.3 is 0 Å². The lowest BCUT2D eigenvalue weighted by Crippen LogP contribution is -2.36. The van der Waals surface area contributed by atoms with Crippen molar-refractivity contribution >= 4 is 5.78 Å². The van der Waals surface area contributed by atoms with Crippen molar-refractivity contribution in [2.45, 2.75) is 12.5 Å². The zero-order valence-electron chi connectivity index (χ0n) is 10.3. The Morgan fingerprint density at radius 2 is 1.83 bits per heavy atom. The summed E-state index contributed by atoms with van der Waals surface area (Å²) in [5.74, 6) is 0.101. The Labute approximate surface area is 107 Å². The molecule has 0 aliphatic carbocycles. The monoisotopic (exact) mass is 240 g/mol. The van der Waals surface area contributed by atoms with Crippen LogP contribution in [-0.4, -0.2) is 23.9 Å². The number of benzene rings is 1. The Balaban J connectivity index is 2.12. The van der Waals surface area contributed by atoms with Gasteiger partial charge in [0.2, 0.25) is 0 Å². The van der Waals surface area contributed by atoms with E-state index in [1.165, 1.54) is 0 Å². The summed E-state index contributed by atoms with van der Waals surface area (Å²) in [5, 5.41) is 3.08. The number of carbonyl (C=O) groups is 1. The topological polar surface area (TPSA) is 42.0 Å². The second-order valence-electron chi connectivity index (χ2n) is 4.13. The fraction of sp³-hybridized carbons (Fsp3) is 0.200. The molecule has 18 heavy (non-hydrogen) atoms. The molecule has 0 spiro atoms. The summed E-state index contributed by atoms with van der Waals surface area (Å²) in [6, 6.07) is 13.3. The standard InChI is InChI=1S/C15H16N2O/c1-16-14(11-12-5-3-2-4-6-12)15(18)13-7-9-17-10-8-13/h2-10,14,16H,11H2,1H3. The molecule has 1 atom stereocenters. The molecule has 3 heteroatoms. The van der Waals surface area contributed by atoms with Gasteiger partial charge in [-0.2, -0.15) is 0 Å². The lowest BCUT2D eigenvalue weighted by molar-refractivity contribution is 0.0946. The summed E-state index contributed by atoms with van der Waals surface area (Å²) in [5.41, 5.74) is 1.85. The average Bonchev–Trinajstić information content (AvgIpc) is 2.46. The molecule has 0 saturated heterocycles. The van der Waals surface area contributed by atoms with Gasteiger partial charge < -0.3 is 5.32 Å². The number of nitrogens with one attached hydrogen (secondary N) is 1. The highest BCUT2D eigenvalue weighted by molar-refractivity contribution is 6.00. The Morgan fingerprint density at radius 1 is 1.17 bits per heavy atom. The van der Waals surface area contributed by atoms with Crippen molar-refractivity contribution in [3.05, 3.63) is 66.0 Å². The Kier molecular flexibility index (Phi) is 4.20. The van der Waals surface area contributed by atoms with Crippen LogP contribution in [0.2, 0.25) is 0 Å². The first-order valence-electron chi connectivity index (χ1n) is 5.96. The largest absolute Gasteiger partial charge is 0.310 e. The normalized spacial score (nSPS) is 12.1. The molecule has 0 fully saturated rings. The van der Waals surface area contributed by atoms with Crippen molar-refractivity contribution in [1.29, 1.82) is 0 Å². The van der Waals surface area contributed by atoms with Crippen LogP contribution in [0.25, 0.3) is 0 Å². The van der Waals surface area contributed by atoms with Crippen molar-refractivity contribution < 1.29 is 4.79 Å². The second-order valence-corrected chi connectivity index (χ2v) is 4.13. The smallest absolute Gasteiger partial charge is 0.180 e. The van der Waals surface area contributed by atoms with E-state index in [1.54, 1.807) is 24.5 Å². The quantitative estimate of drug-likeness (QED) is 0.814. The number of hydrogen-bond donors (Lipinski definition) is 1. The van der Waals surface area contributed by atoms with Gasteiger partial charge in [-0.15, -0.1) is 0 Å². The predicted molar refractivity (Wildman–Crippen MR) is 71.6 cm³/mol. The first kappa shape index (κ1) is 12.5. The van der Waals surface area contributed by atoms with Crippen molar-refractivity contribution in [1.82, 2.24) is 10.3 Å². The Hall–Kier alpha value is -2.00. The number of aromatic nitrogens is 1. The van der Waals surface area contributed by atoms with Gasteiger partial charge in [0, 0.05) is 18.0 Å². The van der Waals surface area contributed by atoms with Crippen LogP contribution < -0.4 is 5.32 Å². The lowest BCUT2D eigenvalue weighted by Gasteiger charge is -2.15. The minimum atomic E-state index is -0.199. The molecule has 0 aliphatic rings. The summed E-state index contributed by atoms with van der Waals surface area (Å²) >= 11 is 0. The van der Waals surface area contributed by atoms with Gasteiger partial charge in [0.1, 0.15) is 0 Å². The molecule has 1 N–H and O–H groups in total. The van der Waals surface area contributed by atoms with Gasteiger partial charge in [-0.25, -0.2) is 0 Å². The first-order valence-corrected chi connectivity index (χ1v) is 5.96. The zero-order valence-corrected chi connectivity index (χ0v) is 10.3. The molecule has 1 unspecified atom stereocenters. The molecule has 0 radical (unpaired) electrons. The first-order chi connectivity index (χ1) is 8.81. The van der Waals surface area contributed by atoms with Gasteiger partial charge in [-0.3, -0.25) is 9.78 Å². The summed E-state index contributed by atoms with van der Waals surface area (Å²) in [7, 11) is 1.81. The molecule has 1 aromatic heterocycles. The van der Waals surface area contributed by atoms with E-state index in [1.807, 2.05) is 37.4 Å². The molecule has 1 aromatic carbocycles. The van der Waals surface area contributed by atoms with E-state index < -0.39 is 0 Å². The van der Waals surface area contributed by atoms with Crippen LogP contribution in [-0.2, 0) is 6.42 Å². The highest BCUT2D eigenvalue weighted by Gasteiger charge is 2.18. The highest BCUT2D eigenvalue weighted by Crippen LogP contribution is 2.08. The fourth-order valence-electron chi connectivity index (χ4n) is 1.89. The van der Waals surface area contributed by atoms with Crippen molar-refractivity contribution in [2.75, 3.05) is 7.05 Å². The van der Waals surface area contributed by atoms with E-state index in [2.05, 4.69) is 10.3 Å². The van der Waals surface area contributed by atoms with Gasteiger partial charge in [-0.05, 0) is 31.2 Å². The van der Waals surface area contributed by atoms with Crippen molar-refractivity contribution in [3.8, 4) is 0 Å². The summed E-state index contributed by atoms with van der Waals surface area (Å²) in [4.78, 5) is 16.2. The van der Waals surface area contributed by atoms with Crippen LogP contribution in [0.4, 0.5) is 0 Å². The van der Waals surface area contributed by atoms with Crippen LogP contribution in [0, 0.1) is 0 Å². The van der Waals surface area contributed by atoms with Crippen LogP contribution in [0.5, 0.6) is 0 Å². The van der Waals surface area contributed by atoms with E-state index in [9.17, 15) is 4.79 Å². The summed E-state index contributed by atoms with van der Waals surface area (Å²) in [6.45, 7) is 0. The SMILES string of the molecule is CNC(Cc1ccccc1)C(=O)c1ccncc1. The third-order valence-electron chi connectivity index (χ3n) is 2.91. The summed E-state index contributed by atoms with van der Waals surface area (Å²) in [6.07, 6.45) is 3.98. The number of pyridine rings is 1. The molecule has 0 saturated carbocycles. The molecular weight excluding hydrogens is 224 g/mol. The van der Waals surface area contributed by atoms with Crippen LogP contribution >= 0.6 is 0 Å². The average molecular weight is 240 g/mol. The van der Waals surface area contributed by atoms with E-state index in [0.29, 0.717) is 12.0 Å². The van der Waals surface area contributed by atoms with Gasteiger partial charge in [0.05, 0.1) is 6.04 Å². The number of likely N-dealkylation sites (N-methyl/N-ethyl adjacent to an activating group) is 1. The number of hydrogen-bond acceptors (Lipinski definition) is 3. The molecule has 3 nitrogen and oxygen atoms in total. The van der Waals surface area contributed by atoms with Gasteiger partial charge in [0.15, 0.2) is 5.78 Å². The number of nitrogens with zero attached hydrogens (tertiary/aromatic N) is 1. The molecule has 0 amide bonds. The van der Waals surface area contributed by atoms with Crippen LogP contribution in [0.1, 0.15) is 15.9 Å². The molecule has 2 aromatic rings. The van der Waals surface area contributed by atoms with E-state index in [-0.39, 0.29) is 11.8 Å². The molecule has 92 valence electrons. The van der Waals surface area contributed by atoms with Gasteiger partial charge in [0.25, 0.3) is 0 Å². The van der Waals surface area contributed by atoms with Gasteiger partial charge in [-0.1, -0.05) is 30.3 Å². The number of Topliss-reactive ketones (excluding diaryl/α,β-unsaturated/α-hetero) is 1. The Morgan fingerprint density at radius 3 is 2.44 bits per heavy atom. The third-order valence-corrected chi connectivity index (χ3v) is 2.91. The van der Waals surface area contributed by atoms with Crippen molar-refractivity contribution in [2.24, 2.45) is 0 Å². The van der Waals surface area contributed by atoms with Crippen LogP contribution in [0.15, 0.2) is 54.9 Å². The molecule has 0 aliphatic heterocycles. The predicted octanol–water partition coefficient (Wildman–Crippen LogP) is 2.09. The maximum atomic E-state index is 12.3. The van der Waals surface area contributed by atoms with E-state index in [0.717, 1.165) is 5.56 Å². The highest BCUT2D eigenvalue weighted by atomic mass is 16.1. The second kappa shape index (κ2) is 6.07. The van der Waals surface area contributed by atoms with E-state index >= 15 is 0 Å². The Bertz CT molecular complexity index is 496. The van der Waals surface area contributed by atoms with E-state index in [4.69, 9.17) is 0 Å². The van der Waals surface area contributed by atoms with Crippen LogP contribution in [0.3, 0.4) is 0 Å². The number of rotatable bonds is 5. The maximum Gasteiger partial charge on any atom is 0.180 e. The molecular formula is C15H16N2O. The number of ketones is 1. The minimum Gasteiger partial charge on any atom is -0.310 e. The third kappa shape index (κ3) is 3.02. The molecule has 0 bridgehead atoms. The maximum absolute atomic E-state index is 12.3. The lowest BCUT2D eigenvalue weighted by atomic mass is 9.98. The molecule has 2 rings (SSSR count). The summed E-state index contributed by atoms with van der Waals surface area (Å²) < 4.78 is 0. The zero-order chi connectivity index (χ0) is 12.8. The fourth-order valence-corrected chi connectivity index (χ4v) is 1.89.